The molecule has 20 heteroatoms. The van der Waals surface area contributed by atoms with E-state index in [0.717, 1.165) is 178 Å². The molecular formula is C84H108N20. The molecule has 4 aromatic carbocycles. The molecule has 4 aliphatic rings. The summed E-state index contributed by atoms with van der Waals surface area (Å²) >= 11 is 0. The van der Waals surface area contributed by atoms with Crippen LogP contribution in [0.2, 0.25) is 0 Å². The second kappa shape index (κ2) is 37.7. The van der Waals surface area contributed by atoms with Crippen LogP contribution < -0.4 is 22.9 Å². The molecule has 12 N–H and O–H groups in total. The van der Waals surface area contributed by atoms with Gasteiger partial charge >= 0.3 is 0 Å². The smallest absolute Gasteiger partial charge is 0.121 e. The number of unbranched alkanes of at least 4 members (excludes halogenated alkanes) is 4. The van der Waals surface area contributed by atoms with Crippen molar-refractivity contribution in [2.24, 2.45) is 22.9 Å². The zero-order valence-electron chi connectivity index (χ0n) is 79.2. The van der Waals surface area contributed by atoms with Crippen LogP contribution in [0.5, 0.6) is 0 Å². The number of fused-ring (bicyclic) bond motifs is 8. The predicted octanol–water partition coefficient (Wildman–Crippen LogP) is 14.3. The van der Waals surface area contributed by atoms with Crippen molar-refractivity contribution < 1.29 is 27.4 Å². The van der Waals surface area contributed by atoms with Crippen molar-refractivity contribution in [1.82, 2.24) is 79.4 Å². The van der Waals surface area contributed by atoms with Gasteiger partial charge in [0.15, 0.2) is 0 Å². The Kier molecular flexibility index (Phi) is 18.9. The van der Waals surface area contributed by atoms with Crippen LogP contribution >= 0.6 is 0 Å². The van der Waals surface area contributed by atoms with E-state index in [1.54, 1.807) is 42.5 Å². The molecular weight excluding hydrogens is 1290 g/mol. The minimum Gasteiger partial charge on any atom is -0.341 e. The number of hydrogen-bond donors (Lipinski definition) is 8. The second-order valence-corrected chi connectivity index (χ2v) is 26.9. The maximum Gasteiger partial charge on any atom is 0.121 e. The van der Waals surface area contributed by atoms with Crippen LogP contribution in [-0.2, 0) is 51.9 Å². The highest BCUT2D eigenvalue weighted by Crippen LogP contribution is 2.38. The van der Waals surface area contributed by atoms with Gasteiger partial charge in [-0.3, -0.25) is 39.5 Å². The summed E-state index contributed by atoms with van der Waals surface area (Å²) in [5.74, 6) is 2.90. The standard InChI is InChI=1S/4C21H27N5/c4*22-12-3-4-14-26(15-20-24-17-9-1-2-10-18(17)25-20)19-11-5-7-16-8-6-13-23-21(16)19/h4*1-2,6,8-10,13,19H,3-5,7,11-12,14-15,22H2,(H,24,25)/t4*19-/m0000/s1/i1D,2D,6D,8D,13D,19D;1D,6D,8D,10D,13D;1D,2D,6D,8D,13D;1D,6D,8D,13D. The number of nitrogens with zero attached hydrogens (tertiary/aromatic N) is 12. The van der Waals surface area contributed by atoms with Gasteiger partial charge in [0.05, 0.1) is 145 Å². The van der Waals surface area contributed by atoms with Gasteiger partial charge in [0.2, 0.25) is 0 Å². The number of aromatic amines is 4. The summed E-state index contributed by atoms with van der Waals surface area (Å²) in [7, 11) is 0. The molecule has 4 aliphatic carbocycles. The normalized spacial score (nSPS) is 20.3. The zero-order valence-corrected chi connectivity index (χ0v) is 59.2. The first-order valence-electron chi connectivity index (χ1n) is 47.0. The molecule has 0 aliphatic heterocycles. The van der Waals surface area contributed by atoms with Crippen LogP contribution in [0, 0.1) is 0 Å². The fourth-order valence-electron chi connectivity index (χ4n) is 14.7. The lowest BCUT2D eigenvalue weighted by atomic mass is 9.90. The van der Waals surface area contributed by atoms with Gasteiger partial charge in [-0.1, -0.05) is 72.6 Å². The van der Waals surface area contributed by atoms with Gasteiger partial charge in [-0.2, -0.15) is 0 Å². The van der Waals surface area contributed by atoms with E-state index in [-0.39, 0.29) is 127 Å². The SMILES string of the molecule is [2H]c1cc([2H])c2[nH]c(CN(CCCCN)[C@H]3CCCc4c3nc([2H])c([2H])c4[2H])nc2c1.[2H]c1cc2nc(CN(CCCCN)[C@@]3([2H])CCCc4c3nc([2H])c([2H])c4[2H])[nH]c2cc1[2H].[2H]c1cc2nc(CN(CCCCN)[C@H]3CCCc4c3nc([2H])c([2H])c4[2H])[nH]c2cc1[2H].[2H]c1ccc2[nH]c(CN(CCCCN)[C@H]3CCCc4c3nc([2H])c([2H])c4[2H])nc2c1. The van der Waals surface area contributed by atoms with Crippen molar-refractivity contribution in [2.45, 2.75) is 179 Å². The Balaban J connectivity index is 0.000000142. The fourth-order valence-corrected chi connectivity index (χ4v) is 14.7. The van der Waals surface area contributed by atoms with Crippen molar-refractivity contribution in [3.05, 3.63) is 238 Å². The molecule has 4 atom stereocenters. The molecule has 8 heterocycles. The number of H-pyrrole nitrogens is 4. The molecule has 0 saturated carbocycles. The lowest BCUT2D eigenvalue weighted by Crippen LogP contribution is -2.33. The van der Waals surface area contributed by atoms with Gasteiger partial charge in [0.25, 0.3) is 0 Å². The number of hydrogen-bond acceptors (Lipinski definition) is 16. The number of benzene rings is 4. The van der Waals surface area contributed by atoms with E-state index >= 15 is 0 Å². The van der Waals surface area contributed by atoms with Crippen molar-refractivity contribution in [2.75, 3.05) is 52.4 Å². The van der Waals surface area contributed by atoms with Gasteiger partial charge in [-0.15, -0.1) is 0 Å². The summed E-state index contributed by atoms with van der Waals surface area (Å²) in [6.45, 7) is 7.26. The Hall–Kier alpha value is -8.96. The number of nitrogens with one attached hydrogen (secondary N) is 4. The molecule has 0 radical (unpaired) electrons. The first-order valence-corrected chi connectivity index (χ1v) is 37.0. The monoisotopic (exact) mass is 1420 g/mol. The van der Waals surface area contributed by atoms with Crippen LogP contribution in [-0.4, -0.2) is 132 Å². The van der Waals surface area contributed by atoms with E-state index in [9.17, 15) is 1.37 Å². The van der Waals surface area contributed by atoms with Gasteiger partial charge in [0.1, 0.15) is 23.3 Å². The van der Waals surface area contributed by atoms with Crippen LogP contribution in [0.4, 0.5) is 0 Å². The minimum absolute atomic E-state index is 0.00655. The second-order valence-electron chi connectivity index (χ2n) is 26.9. The summed E-state index contributed by atoms with van der Waals surface area (Å²) in [4.78, 5) is 58.0. The molecule has 0 bridgehead atoms. The first kappa shape index (κ1) is 52.1. The van der Waals surface area contributed by atoms with Gasteiger partial charge < -0.3 is 42.9 Å². The number of para-hydroxylation sites is 8. The summed E-state index contributed by atoms with van der Waals surface area (Å²) in [5, 5.41) is 0. The summed E-state index contributed by atoms with van der Waals surface area (Å²) in [5.41, 5.74) is 34.0. The van der Waals surface area contributed by atoms with E-state index in [0.29, 0.717) is 148 Å². The molecule has 0 amide bonds. The maximum atomic E-state index is 9.41. The van der Waals surface area contributed by atoms with Crippen molar-refractivity contribution in [1.29, 1.82) is 0 Å². The summed E-state index contributed by atoms with van der Waals surface area (Å²) in [6.07, 6.45) is 15.6. The van der Waals surface area contributed by atoms with Crippen LogP contribution in [0.3, 0.4) is 0 Å². The molecule has 0 saturated heterocycles. The lowest BCUT2D eigenvalue weighted by Gasteiger charge is -2.34. The topological polar surface area (TPSA) is 283 Å². The highest BCUT2D eigenvalue weighted by molar-refractivity contribution is 5.76. The fraction of sp³-hybridized carbons (Fsp3) is 0.429. The number of pyridine rings is 4. The van der Waals surface area contributed by atoms with Crippen LogP contribution in [0.25, 0.3) is 44.1 Å². The quantitative estimate of drug-likeness (QED) is 0.0212. The third-order valence-electron chi connectivity index (χ3n) is 19.8. The minimum atomic E-state index is -1.25. The molecule has 20 nitrogen and oxygen atoms in total. The molecule has 0 fully saturated rings. The van der Waals surface area contributed by atoms with Crippen molar-refractivity contribution >= 4 is 44.1 Å². The number of imidazole rings is 4. The Morgan fingerprint density at radius 1 is 0.346 bits per heavy atom. The number of aromatic nitrogens is 12. The first-order chi connectivity index (χ1) is 59.5. The molecule has 544 valence electrons. The lowest BCUT2D eigenvalue weighted by molar-refractivity contribution is 0.159. The molecule has 0 spiro atoms. The summed E-state index contributed by atoms with van der Waals surface area (Å²) in [6, 6.07) is 14.8. The maximum absolute atomic E-state index is 9.41. The molecule has 104 heavy (non-hydrogen) atoms. The molecule has 8 aromatic heterocycles. The third kappa shape index (κ3) is 19.1. The number of rotatable bonds is 28. The Morgan fingerprint density at radius 2 is 0.673 bits per heavy atom. The molecule has 12 aromatic rings. The van der Waals surface area contributed by atoms with E-state index in [2.05, 4.69) is 74.5 Å². The summed E-state index contributed by atoms with van der Waals surface area (Å²) < 4.78 is 162. The van der Waals surface area contributed by atoms with E-state index in [4.69, 9.17) is 49.0 Å². The largest absolute Gasteiger partial charge is 0.341 e. The molecule has 0 unspecified atom stereocenters. The average Bonchev–Trinajstić information content (AvgIpc) is 0.836. The van der Waals surface area contributed by atoms with E-state index in [1.807, 2.05) is 11.0 Å². The van der Waals surface area contributed by atoms with Crippen molar-refractivity contribution in [3.63, 3.8) is 0 Å². The van der Waals surface area contributed by atoms with Gasteiger partial charge in [-0.25, -0.2) is 19.9 Å². The van der Waals surface area contributed by atoms with Gasteiger partial charge in [-0.05, 0) is 276 Å². The highest BCUT2D eigenvalue weighted by Gasteiger charge is 2.32. The Morgan fingerprint density at radius 3 is 1.10 bits per heavy atom. The van der Waals surface area contributed by atoms with E-state index in [1.165, 1.54) is 6.07 Å². The van der Waals surface area contributed by atoms with Crippen LogP contribution in [0.15, 0.2) is 170 Å². The van der Waals surface area contributed by atoms with Gasteiger partial charge in [0, 0.05) is 24.7 Å². The van der Waals surface area contributed by atoms with Crippen LogP contribution in [0.1, 0.15) is 223 Å². The van der Waals surface area contributed by atoms with E-state index < -0.39 is 6.02 Å². The average molecular weight is 1420 g/mol. The zero-order chi connectivity index (χ0) is 88.5. The third-order valence-corrected chi connectivity index (χ3v) is 19.8. The molecule has 16 rings (SSSR count). The van der Waals surface area contributed by atoms with Crippen molar-refractivity contribution in [3.8, 4) is 0 Å². The Bertz CT molecular complexity index is 5710. The number of nitrogens with two attached hydrogens (primary N) is 4. The predicted molar refractivity (Wildman–Crippen MR) is 419 cm³/mol. The Labute approximate surface area is 641 Å². The highest BCUT2D eigenvalue weighted by atomic mass is 15.2.